The molecular weight excluding hydrogens is 300 g/mol. The Morgan fingerprint density at radius 2 is 2.10 bits per heavy atom. The molecule has 0 N–H and O–H groups in total. The smallest absolute Gasteiger partial charge is 0.271 e. The van der Waals surface area contributed by atoms with Crippen LogP contribution in [0.3, 0.4) is 0 Å². The summed E-state index contributed by atoms with van der Waals surface area (Å²) >= 11 is 3.06. The summed E-state index contributed by atoms with van der Waals surface area (Å²) in [5.41, 5.74) is 4.66. The van der Waals surface area contributed by atoms with E-state index in [-0.39, 0.29) is 5.56 Å². The van der Waals surface area contributed by atoms with Crippen molar-refractivity contribution < 1.29 is 0 Å². The van der Waals surface area contributed by atoms with Crippen LogP contribution in [0.2, 0.25) is 0 Å². The molecule has 0 fully saturated rings. The molecule has 5 heteroatoms. The standard InChI is InChI=1S/C16H16N2OS2/c1-10-4-5-11(2)12(8-10)9-21-16-17-13-6-7-20-14(13)15(19)18(16)3/h4-8H,9H2,1-3H3. The van der Waals surface area contributed by atoms with E-state index >= 15 is 0 Å². The molecule has 0 amide bonds. The van der Waals surface area contributed by atoms with Gasteiger partial charge in [-0.25, -0.2) is 4.98 Å². The Balaban J connectivity index is 1.93. The molecule has 3 nitrogen and oxygen atoms in total. The minimum Gasteiger partial charge on any atom is -0.290 e. The maximum absolute atomic E-state index is 12.3. The second-order valence-corrected chi connectivity index (χ2v) is 6.97. The Hall–Kier alpha value is -1.59. The van der Waals surface area contributed by atoms with Crippen molar-refractivity contribution in [3.63, 3.8) is 0 Å². The Bertz CT molecular complexity index is 864. The van der Waals surface area contributed by atoms with Gasteiger partial charge in [-0.1, -0.05) is 35.5 Å². The number of hydrogen-bond donors (Lipinski definition) is 0. The predicted octanol–water partition coefficient (Wildman–Crippen LogP) is 3.90. The molecule has 0 saturated heterocycles. The number of nitrogens with zero attached hydrogens (tertiary/aromatic N) is 2. The van der Waals surface area contributed by atoms with E-state index in [9.17, 15) is 4.79 Å². The molecule has 0 radical (unpaired) electrons. The molecule has 3 aromatic rings. The topological polar surface area (TPSA) is 34.9 Å². The van der Waals surface area contributed by atoms with E-state index < -0.39 is 0 Å². The Morgan fingerprint density at radius 3 is 2.90 bits per heavy atom. The van der Waals surface area contributed by atoms with Gasteiger partial charge >= 0.3 is 0 Å². The van der Waals surface area contributed by atoms with E-state index in [4.69, 9.17) is 0 Å². The van der Waals surface area contributed by atoms with E-state index in [1.807, 2.05) is 11.4 Å². The zero-order valence-electron chi connectivity index (χ0n) is 12.2. The van der Waals surface area contributed by atoms with Gasteiger partial charge in [-0.2, -0.15) is 0 Å². The third kappa shape index (κ3) is 2.76. The van der Waals surface area contributed by atoms with Gasteiger partial charge in [0.1, 0.15) is 4.70 Å². The molecule has 0 aliphatic carbocycles. The molecule has 0 saturated carbocycles. The lowest BCUT2D eigenvalue weighted by molar-refractivity contribution is 0.728. The Morgan fingerprint density at radius 1 is 1.29 bits per heavy atom. The van der Waals surface area contributed by atoms with Crippen molar-refractivity contribution in [3.8, 4) is 0 Å². The molecule has 0 spiro atoms. The summed E-state index contributed by atoms with van der Waals surface area (Å²) in [7, 11) is 1.79. The van der Waals surface area contributed by atoms with E-state index in [0.29, 0.717) is 0 Å². The van der Waals surface area contributed by atoms with Gasteiger partial charge in [-0.15, -0.1) is 11.3 Å². The maximum atomic E-state index is 12.3. The van der Waals surface area contributed by atoms with Gasteiger partial charge in [-0.05, 0) is 36.4 Å². The summed E-state index contributed by atoms with van der Waals surface area (Å²) in [6, 6.07) is 8.36. The first-order valence-electron chi connectivity index (χ1n) is 6.69. The molecular formula is C16H16N2OS2. The van der Waals surface area contributed by atoms with Crippen molar-refractivity contribution in [2.45, 2.75) is 24.8 Å². The normalized spacial score (nSPS) is 11.2. The van der Waals surface area contributed by atoms with Gasteiger partial charge in [-0.3, -0.25) is 9.36 Å². The summed E-state index contributed by atoms with van der Waals surface area (Å²) < 4.78 is 2.38. The number of benzene rings is 1. The van der Waals surface area contributed by atoms with Crippen LogP contribution in [0.4, 0.5) is 0 Å². The molecule has 2 heterocycles. The van der Waals surface area contributed by atoms with Crippen LogP contribution in [-0.2, 0) is 12.8 Å². The largest absolute Gasteiger partial charge is 0.290 e. The van der Waals surface area contributed by atoms with Crippen molar-refractivity contribution in [1.82, 2.24) is 9.55 Å². The molecule has 0 atom stereocenters. The second kappa shape index (κ2) is 5.66. The van der Waals surface area contributed by atoms with Crippen LogP contribution in [0.5, 0.6) is 0 Å². The van der Waals surface area contributed by atoms with E-state index in [2.05, 4.69) is 37.0 Å². The van der Waals surface area contributed by atoms with Gasteiger partial charge in [0, 0.05) is 12.8 Å². The highest BCUT2D eigenvalue weighted by molar-refractivity contribution is 7.98. The molecule has 21 heavy (non-hydrogen) atoms. The molecule has 3 rings (SSSR count). The number of aryl methyl sites for hydroxylation is 2. The first kappa shape index (κ1) is 14.4. The van der Waals surface area contributed by atoms with Gasteiger partial charge in [0.05, 0.1) is 5.52 Å². The number of rotatable bonds is 3. The van der Waals surface area contributed by atoms with Crippen LogP contribution in [0.1, 0.15) is 16.7 Å². The first-order chi connectivity index (χ1) is 10.1. The molecule has 0 aliphatic heterocycles. The van der Waals surface area contributed by atoms with E-state index in [0.717, 1.165) is 21.1 Å². The summed E-state index contributed by atoms with van der Waals surface area (Å²) in [5.74, 6) is 0.823. The first-order valence-corrected chi connectivity index (χ1v) is 8.56. The fourth-order valence-electron chi connectivity index (χ4n) is 2.19. The number of hydrogen-bond acceptors (Lipinski definition) is 4. The molecule has 108 valence electrons. The van der Waals surface area contributed by atoms with Crippen LogP contribution in [0.25, 0.3) is 10.2 Å². The monoisotopic (exact) mass is 316 g/mol. The minimum absolute atomic E-state index is 0.0402. The van der Waals surface area contributed by atoms with E-state index in [1.165, 1.54) is 28.0 Å². The van der Waals surface area contributed by atoms with E-state index in [1.54, 1.807) is 23.4 Å². The minimum atomic E-state index is 0.0402. The van der Waals surface area contributed by atoms with Gasteiger partial charge in [0.2, 0.25) is 0 Å². The number of thioether (sulfide) groups is 1. The fraction of sp³-hybridized carbons (Fsp3) is 0.250. The summed E-state index contributed by atoms with van der Waals surface area (Å²) in [6.07, 6.45) is 0. The van der Waals surface area contributed by atoms with Crippen LogP contribution >= 0.6 is 23.1 Å². The van der Waals surface area contributed by atoms with Gasteiger partial charge in [0.25, 0.3) is 5.56 Å². The van der Waals surface area contributed by atoms with Crippen LogP contribution < -0.4 is 5.56 Å². The third-order valence-corrected chi connectivity index (χ3v) is 5.48. The Kier molecular flexibility index (Phi) is 3.87. The highest BCUT2D eigenvalue weighted by atomic mass is 32.2. The van der Waals surface area contributed by atoms with Crippen LogP contribution in [-0.4, -0.2) is 9.55 Å². The highest BCUT2D eigenvalue weighted by Gasteiger charge is 2.10. The SMILES string of the molecule is Cc1ccc(C)c(CSc2nc3ccsc3c(=O)n2C)c1. The molecule has 0 bridgehead atoms. The predicted molar refractivity (Wildman–Crippen MR) is 90.3 cm³/mol. The van der Waals surface area contributed by atoms with Crippen LogP contribution in [0.15, 0.2) is 39.6 Å². The van der Waals surface area contributed by atoms with Crippen molar-refractivity contribution in [2.24, 2.45) is 7.05 Å². The average Bonchev–Trinajstić information content (AvgIpc) is 2.93. The maximum Gasteiger partial charge on any atom is 0.271 e. The second-order valence-electron chi connectivity index (χ2n) is 5.11. The highest BCUT2D eigenvalue weighted by Crippen LogP contribution is 2.25. The zero-order valence-corrected chi connectivity index (χ0v) is 13.8. The molecule has 0 unspecified atom stereocenters. The summed E-state index contributed by atoms with van der Waals surface area (Å²) in [6.45, 7) is 4.21. The lowest BCUT2D eigenvalue weighted by Crippen LogP contribution is -2.18. The lowest BCUT2D eigenvalue weighted by Gasteiger charge is -2.09. The van der Waals surface area contributed by atoms with Gasteiger partial charge < -0.3 is 0 Å². The van der Waals surface area contributed by atoms with Gasteiger partial charge in [0.15, 0.2) is 5.16 Å². The van der Waals surface area contributed by atoms with Crippen molar-refractivity contribution in [1.29, 1.82) is 0 Å². The lowest BCUT2D eigenvalue weighted by atomic mass is 10.1. The average molecular weight is 316 g/mol. The quantitative estimate of drug-likeness (QED) is 0.543. The number of aromatic nitrogens is 2. The van der Waals surface area contributed by atoms with Crippen molar-refractivity contribution >= 4 is 33.3 Å². The number of thiophene rings is 1. The molecule has 2 aromatic heterocycles. The molecule has 1 aromatic carbocycles. The molecule has 0 aliphatic rings. The van der Waals surface area contributed by atoms with Crippen LogP contribution in [0, 0.1) is 13.8 Å². The summed E-state index contributed by atoms with van der Waals surface area (Å²) in [5, 5.41) is 2.69. The van der Waals surface area contributed by atoms with Crippen molar-refractivity contribution in [2.75, 3.05) is 0 Å². The summed E-state index contributed by atoms with van der Waals surface area (Å²) in [4.78, 5) is 16.9. The fourth-order valence-corrected chi connectivity index (χ4v) is 4.04. The zero-order chi connectivity index (χ0) is 15.0. The van der Waals surface area contributed by atoms with Crippen molar-refractivity contribution in [3.05, 3.63) is 56.7 Å². The number of fused-ring (bicyclic) bond motifs is 1. The Labute approximate surface area is 131 Å². The third-order valence-electron chi connectivity index (χ3n) is 3.51.